The average Bonchev–Trinajstić information content (AvgIpc) is 2.68. The van der Waals surface area contributed by atoms with Gasteiger partial charge in [-0.1, -0.05) is 11.6 Å². The molecule has 1 atom stereocenters. The zero-order valence-corrected chi connectivity index (χ0v) is 17.9. The van der Waals surface area contributed by atoms with E-state index in [1.54, 1.807) is 6.92 Å². The van der Waals surface area contributed by atoms with Crippen LogP contribution in [0, 0.1) is 10.1 Å². The summed E-state index contributed by atoms with van der Waals surface area (Å²) in [6.45, 7) is 4.04. The van der Waals surface area contributed by atoms with Gasteiger partial charge in [-0.05, 0) is 38.1 Å². The van der Waals surface area contributed by atoms with E-state index in [1.807, 2.05) is 0 Å². The van der Waals surface area contributed by atoms with Crippen LogP contribution < -0.4 is 9.64 Å². The van der Waals surface area contributed by atoms with Crippen LogP contribution in [0.3, 0.4) is 0 Å². The second kappa shape index (κ2) is 9.86. The van der Waals surface area contributed by atoms with Gasteiger partial charge in [0.1, 0.15) is 23.2 Å². The molecule has 0 heterocycles. The number of alkyl halides is 3. The Labute approximate surface area is 185 Å². The molecule has 172 valence electrons. The number of benzene rings is 2. The Kier molecular flexibility index (Phi) is 7.68. The van der Waals surface area contributed by atoms with E-state index in [9.17, 15) is 32.9 Å². The van der Waals surface area contributed by atoms with Crippen LogP contribution in [0.5, 0.6) is 11.5 Å². The van der Waals surface area contributed by atoms with Gasteiger partial charge in [0.05, 0.1) is 22.1 Å². The number of nitrogens with zero attached hydrogens (tertiary/aromatic N) is 2. The number of nitro groups is 1. The summed E-state index contributed by atoms with van der Waals surface area (Å²) in [6.07, 6.45) is -4.60. The largest absolute Gasteiger partial charge is 0.464 e. The minimum absolute atomic E-state index is 0.0343. The number of esters is 1. The molecule has 0 N–H and O–H groups in total. The number of anilines is 1. The Morgan fingerprint density at radius 3 is 2.38 bits per heavy atom. The van der Waals surface area contributed by atoms with Gasteiger partial charge in [-0.2, -0.15) is 13.2 Å². The molecule has 12 heteroatoms. The number of nitro benzene ring substituents is 1. The van der Waals surface area contributed by atoms with Crippen molar-refractivity contribution < 1.29 is 37.2 Å². The van der Waals surface area contributed by atoms with E-state index in [2.05, 4.69) is 0 Å². The summed E-state index contributed by atoms with van der Waals surface area (Å²) in [5, 5.41) is 11.2. The molecular weight excluding hydrogens is 457 g/mol. The zero-order valence-electron chi connectivity index (χ0n) is 17.1. The summed E-state index contributed by atoms with van der Waals surface area (Å²) >= 11 is 5.89. The topological polar surface area (TPSA) is 99.0 Å². The maximum Gasteiger partial charge on any atom is 0.416 e. The van der Waals surface area contributed by atoms with Crippen molar-refractivity contribution in [2.24, 2.45) is 0 Å². The van der Waals surface area contributed by atoms with Crippen LogP contribution in [-0.4, -0.2) is 29.4 Å². The van der Waals surface area contributed by atoms with Crippen molar-refractivity contribution >= 4 is 34.9 Å². The van der Waals surface area contributed by atoms with Crippen LogP contribution in [0.1, 0.15) is 26.3 Å². The fourth-order valence-corrected chi connectivity index (χ4v) is 3.04. The van der Waals surface area contributed by atoms with Gasteiger partial charge in [0.2, 0.25) is 5.91 Å². The third-order valence-electron chi connectivity index (χ3n) is 4.24. The number of amides is 1. The van der Waals surface area contributed by atoms with Gasteiger partial charge < -0.3 is 9.47 Å². The van der Waals surface area contributed by atoms with Gasteiger partial charge in [-0.15, -0.1) is 0 Å². The molecule has 0 saturated carbocycles. The van der Waals surface area contributed by atoms with Crippen molar-refractivity contribution in [3.63, 3.8) is 0 Å². The number of carbonyl (C=O) groups is 2. The summed E-state index contributed by atoms with van der Waals surface area (Å²) in [4.78, 5) is 36.0. The molecule has 0 saturated heterocycles. The van der Waals surface area contributed by atoms with Crippen LogP contribution in [0.25, 0.3) is 0 Å². The smallest absolute Gasteiger partial charge is 0.416 e. The summed E-state index contributed by atoms with van der Waals surface area (Å²) in [6, 6.07) is 4.57. The van der Waals surface area contributed by atoms with Crippen LogP contribution in [0.15, 0.2) is 36.4 Å². The molecule has 0 aliphatic heterocycles. The molecule has 0 aromatic heterocycles. The predicted molar refractivity (Wildman–Crippen MR) is 109 cm³/mol. The first kappa shape index (κ1) is 24.9. The molecule has 0 fully saturated rings. The SMILES string of the molecule is CCOC(=O)C(C)N(C(C)=O)c1cc(Oc2ccc(C(F)(F)F)cc2Cl)ccc1[N+](=O)[O-]. The van der Waals surface area contributed by atoms with E-state index in [-0.39, 0.29) is 28.8 Å². The maximum absolute atomic E-state index is 12.8. The lowest BCUT2D eigenvalue weighted by Gasteiger charge is -2.26. The van der Waals surface area contributed by atoms with Gasteiger partial charge in [0.25, 0.3) is 5.69 Å². The molecule has 2 rings (SSSR count). The first-order chi connectivity index (χ1) is 14.9. The van der Waals surface area contributed by atoms with Crippen molar-refractivity contribution in [1.29, 1.82) is 0 Å². The lowest BCUT2D eigenvalue weighted by molar-refractivity contribution is -0.384. The predicted octanol–water partition coefficient (Wildman–Crippen LogP) is 5.36. The van der Waals surface area contributed by atoms with E-state index in [0.717, 1.165) is 36.1 Å². The quantitative estimate of drug-likeness (QED) is 0.304. The molecule has 1 amide bonds. The van der Waals surface area contributed by atoms with E-state index in [0.29, 0.717) is 6.07 Å². The van der Waals surface area contributed by atoms with Crippen molar-refractivity contribution in [2.75, 3.05) is 11.5 Å². The second-order valence-corrected chi connectivity index (χ2v) is 6.88. The molecule has 8 nitrogen and oxygen atoms in total. The molecule has 0 bridgehead atoms. The van der Waals surface area contributed by atoms with Crippen LogP contribution >= 0.6 is 11.6 Å². The highest BCUT2D eigenvalue weighted by atomic mass is 35.5. The van der Waals surface area contributed by atoms with Crippen molar-refractivity contribution in [1.82, 2.24) is 0 Å². The maximum atomic E-state index is 12.8. The third-order valence-corrected chi connectivity index (χ3v) is 4.54. The number of halogens is 4. The van der Waals surface area contributed by atoms with Crippen molar-refractivity contribution in [3.05, 3.63) is 57.1 Å². The molecule has 0 aliphatic carbocycles. The number of hydrogen-bond acceptors (Lipinski definition) is 6. The average molecular weight is 475 g/mol. The molecular formula is C20H18ClF3N2O6. The second-order valence-electron chi connectivity index (χ2n) is 6.47. The van der Waals surface area contributed by atoms with Crippen LogP contribution in [-0.2, 0) is 20.5 Å². The fraction of sp³-hybridized carbons (Fsp3) is 0.300. The van der Waals surface area contributed by atoms with E-state index in [4.69, 9.17) is 21.1 Å². The van der Waals surface area contributed by atoms with Gasteiger partial charge in [-0.25, -0.2) is 4.79 Å². The Morgan fingerprint density at radius 1 is 1.22 bits per heavy atom. The molecule has 0 aliphatic rings. The molecule has 0 spiro atoms. The van der Waals surface area contributed by atoms with Crippen LogP contribution in [0.4, 0.5) is 24.5 Å². The minimum Gasteiger partial charge on any atom is -0.464 e. The standard InChI is InChI=1S/C20H18ClF3N2O6/c1-4-31-19(28)11(2)25(12(3)27)17-10-14(6-7-16(17)26(29)30)32-18-8-5-13(9-15(18)21)20(22,23)24/h5-11H,4H2,1-3H3. The highest BCUT2D eigenvalue weighted by molar-refractivity contribution is 6.32. The van der Waals surface area contributed by atoms with E-state index >= 15 is 0 Å². The van der Waals surface area contributed by atoms with E-state index in [1.165, 1.54) is 13.0 Å². The monoisotopic (exact) mass is 474 g/mol. The highest BCUT2D eigenvalue weighted by Gasteiger charge is 2.33. The highest BCUT2D eigenvalue weighted by Crippen LogP contribution is 2.39. The summed E-state index contributed by atoms with van der Waals surface area (Å²) in [5.74, 6) is -1.67. The van der Waals surface area contributed by atoms with Gasteiger partial charge >= 0.3 is 12.1 Å². The molecule has 2 aromatic rings. The number of rotatable bonds is 7. The summed E-state index contributed by atoms with van der Waals surface area (Å²) in [5.41, 5.74) is -1.74. The molecule has 2 aromatic carbocycles. The molecule has 32 heavy (non-hydrogen) atoms. The normalized spacial score (nSPS) is 12.1. The van der Waals surface area contributed by atoms with Crippen molar-refractivity contribution in [2.45, 2.75) is 33.0 Å². The van der Waals surface area contributed by atoms with Crippen LogP contribution in [0.2, 0.25) is 5.02 Å². The summed E-state index contributed by atoms with van der Waals surface area (Å²) in [7, 11) is 0. The van der Waals surface area contributed by atoms with Crippen molar-refractivity contribution in [3.8, 4) is 11.5 Å². The van der Waals surface area contributed by atoms with Gasteiger partial charge in [0.15, 0.2) is 0 Å². The number of hydrogen-bond donors (Lipinski definition) is 0. The molecule has 0 radical (unpaired) electrons. The first-order valence-corrected chi connectivity index (χ1v) is 9.54. The Morgan fingerprint density at radius 2 is 1.88 bits per heavy atom. The molecule has 1 unspecified atom stereocenters. The Balaban J connectivity index is 2.50. The van der Waals surface area contributed by atoms with Gasteiger partial charge in [-0.3, -0.25) is 19.8 Å². The third kappa shape index (κ3) is 5.67. The number of ether oxygens (including phenoxy) is 2. The Hall–Kier alpha value is -3.34. The Bertz CT molecular complexity index is 1040. The zero-order chi connectivity index (χ0) is 24.2. The first-order valence-electron chi connectivity index (χ1n) is 9.16. The minimum atomic E-state index is -4.60. The summed E-state index contributed by atoms with van der Waals surface area (Å²) < 4.78 is 48.9. The van der Waals surface area contributed by atoms with Gasteiger partial charge in [0, 0.05) is 19.1 Å². The fourth-order valence-electron chi connectivity index (χ4n) is 2.82. The van der Waals surface area contributed by atoms with E-state index < -0.39 is 40.3 Å². The lowest BCUT2D eigenvalue weighted by Crippen LogP contribution is -2.43. The number of carbonyl (C=O) groups excluding carboxylic acids is 2. The lowest BCUT2D eigenvalue weighted by atomic mass is 10.1.